The van der Waals surface area contributed by atoms with Crippen molar-refractivity contribution in [3.05, 3.63) is 35.0 Å². The number of halogens is 2. The third-order valence-electron chi connectivity index (χ3n) is 3.95. The highest BCUT2D eigenvalue weighted by molar-refractivity contribution is 6.33. The van der Waals surface area contributed by atoms with Crippen LogP contribution in [0, 0.1) is 5.95 Å². The Morgan fingerprint density at radius 2 is 1.81 bits per heavy atom. The molecule has 1 aromatic carbocycles. The Balaban J connectivity index is 2.33. The van der Waals surface area contributed by atoms with Gasteiger partial charge in [0.25, 0.3) is 5.88 Å². The van der Waals surface area contributed by atoms with Crippen LogP contribution in [0.4, 0.5) is 4.39 Å². The topological polar surface area (TPSA) is 57.9 Å². The van der Waals surface area contributed by atoms with Crippen LogP contribution in [0.15, 0.2) is 18.3 Å². The van der Waals surface area contributed by atoms with Crippen molar-refractivity contribution < 1.29 is 18.6 Å². The molecular weight excluding hydrogens is 361 g/mol. The fourth-order valence-electron chi connectivity index (χ4n) is 2.72. The monoisotopic (exact) mass is 379 g/mol. The van der Waals surface area contributed by atoms with E-state index in [2.05, 4.69) is 9.97 Å². The number of hydrogen-bond donors (Lipinski definition) is 0. The van der Waals surface area contributed by atoms with Gasteiger partial charge in [0.15, 0.2) is 11.5 Å². The maximum Gasteiger partial charge on any atom is 0.261 e. The standard InChI is InChI=1S/C18H19ClFN3O3/c1-5-10-9-23-15(16(20)22-18(26-6-2)17(23)21-10)11-7-13(24-3)14(25-4)8-12(11)19/h7-9H,5-6H2,1-4H3. The molecule has 6 nitrogen and oxygen atoms in total. The Hall–Kier alpha value is -2.54. The number of aryl methyl sites for hydroxylation is 1. The lowest BCUT2D eigenvalue weighted by Crippen LogP contribution is -2.05. The molecule has 138 valence electrons. The van der Waals surface area contributed by atoms with Crippen molar-refractivity contribution in [1.82, 2.24) is 14.4 Å². The van der Waals surface area contributed by atoms with Gasteiger partial charge >= 0.3 is 0 Å². The number of rotatable bonds is 6. The minimum atomic E-state index is -0.713. The Kier molecular flexibility index (Phi) is 5.18. The number of methoxy groups -OCH3 is 2. The molecule has 2 aromatic heterocycles. The highest BCUT2D eigenvalue weighted by Gasteiger charge is 2.22. The average Bonchev–Trinajstić information content (AvgIpc) is 3.07. The quantitative estimate of drug-likeness (QED) is 0.643. The molecular formula is C18H19ClFN3O3. The van der Waals surface area contributed by atoms with Crippen LogP contribution in [0.5, 0.6) is 17.4 Å². The van der Waals surface area contributed by atoms with Gasteiger partial charge in [-0.05, 0) is 19.4 Å². The SMILES string of the molecule is CCOc1nc(F)c(-c2cc(OC)c(OC)cc2Cl)n2cc(CC)nc12. The first-order valence-electron chi connectivity index (χ1n) is 8.16. The zero-order valence-corrected chi connectivity index (χ0v) is 15.7. The molecule has 3 rings (SSSR count). The Bertz CT molecular complexity index is 959. The van der Waals surface area contributed by atoms with Crippen LogP contribution < -0.4 is 14.2 Å². The smallest absolute Gasteiger partial charge is 0.261 e. The van der Waals surface area contributed by atoms with Crippen molar-refractivity contribution in [2.24, 2.45) is 0 Å². The van der Waals surface area contributed by atoms with Crippen LogP contribution in [-0.4, -0.2) is 35.2 Å². The number of ether oxygens (including phenoxy) is 3. The summed E-state index contributed by atoms with van der Waals surface area (Å²) < 4.78 is 32.5. The lowest BCUT2D eigenvalue weighted by Gasteiger charge is -2.14. The second-order valence-corrected chi connectivity index (χ2v) is 5.86. The van der Waals surface area contributed by atoms with Gasteiger partial charge in [0.2, 0.25) is 11.6 Å². The molecule has 0 aliphatic carbocycles. The predicted octanol–water partition coefficient (Wildman–Crippen LogP) is 4.17. The van der Waals surface area contributed by atoms with E-state index < -0.39 is 5.95 Å². The summed E-state index contributed by atoms with van der Waals surface area (Å²) in [5.74, 6) is 0.320. The molecule has 0 bridgehead atoms. The number of fused-ring (bicyclic) bond motifs is 1. The molecule has 3 aromatic rings. The number of benzene rings is 1. The summed E-state index contributed by atoms with van der Waals surface area (Å²) in [5.41, 5.74) is 1.83. The Labute approximate surface area is 155 Å². The van der Waals surface area contributed by atoms with E-state index in [-0.39, 0.29) is 11.6 Å². The van der Waals surface area contributed by atoms with E-state index in [4.69, 9.17) is 25.8 Å². The van der Waals surface area contributed by atoms with E-state index in [0.717, 1.165) is 5.69 Å². The first-order valence-corrected chi connectivity index (χ1v) is 8.53. The maximum atomic E-state index is 14.9. The molecule has 0 N–H and O–H groups in total. The third-order valence-corrected chi connectivity index (χ3v) is 4.27. The molecule has 0 unspecified atom stereocenters. The molecule has 0 radical (unpaired) electrons. The predicted molar refractivity (Wildman–Crippen MR) is 97.0 cm³/mol. The van der Waals surface area contributed by atoms with Crippen LogP contribution in [0.1, 0.15) is 19.5 Å². The zero-order chi connectivity index (χ0) is 18.8. The van der Waals surface area contributed by atoms with Gasteiger partial charge < -0.3 is 14.2 Å². The van der Waals surface area contributed by atoms with E-state index in [1.807, 2.05) is 6.92 Å². The molecule has 0 saturated heterocycles. The van der Waals surface area contributed by atoms with Crippen molar-refractivity contribution in [1.29, 1.82) is 0 Å². The second kappa shape index (κ2) is 7.37. The maximum absolute atomic E-state index is 14.9. The van der Waals surface area contributed by atoms with E-state index in [9.17, 15) is 4.39 Å². The van der Waals surface area contributed by atoms with Gasteiger partial charge in [-0.2, -0.15) is 9.37 Å². The van der Waals surface area contributed by atoms with E-state index >= 15 is 0 Å². The van der Waals surface area contributed by atoms with Crippen LogP contribution in [0.3, 0.4) is 0 Å². The molecule has 8 heteroatoms. The van der Waals surface area contributed by atoms with Gasteiger partial charge in [-0.1, -0.05) is 18.5 Å². The van der Waals surface area contributed by atoms with Gasteiger partial charge in [-0.3, -0.25) is 4.40 Å². The van der Waals surface area contributed by atoms with Gasteiger partial charge in [0.1, 0.15) is 5.69 Å². The lowest BCUT2D eigenvalue weighted by atomic mass is 10.1. The van der Waals surface area contributed by atoms with Crippen LogP contribution in [0.25, 0.3) is 16.9 Å². The molecule has 0 saturated carbocycles. The van der Waals surface area contributed by atoms with Crippen molar-refractivity contribution in [3.63, 3.8) is 0 Å². The minimum absolute atomic E-state index is 0.144. The summed E-state index contributed by atoms with van der Waals surface area (Å²) >= 11 is 6.39. The molecule has 0 atom stereocenters. The summed E-state index contributed by atoms with van der Waals surface area (Å²) in [6.07, 6.45) is 2.44. The molecule has 26 heavy (non-hydrogen) atoms. The number of nitrogens with zero attached hydrogens (tertiary/aromatic N) is 3. The number of imidazole rings is 1. The number of hydrogen-bond acceptors (Lipinski definition) is 5. The van der Waals surface area contributed by atoms with Gasteiger partial charge in [-0.25, -0.2) is 4.98 Å². The summed E-state index contributed by atoms with van der Waals surface area (Å²) in [4.78, 5) is 8.44. The van der Waals surface area contributed by atoms with Gasteiger partial charge in [-0.15, -0.1) is 0 Å². The molecule has 0 aliphatic heterocycles. The fraction of sp³-hybridized carbons (Fsp3) is 0.333. The van der Waals surface area contributed by atoms with E-state index in [1.165, 1.54) is 14.2 Å². The van der Waals surface area contributed by atoms with Crippen molar-refractivity contribution in [2.75, 3.05) is 20.8 Å². The van der Waals surface area contributed by atoms with E-state index in [0.29, 0.717) is 40.8 Å². The normalized spacial score (nSPS) is 11.0. The molecule has 0 amide bonds. The molecule has 0 aliphatic rings. The summed E-state index contributed by atoms with van der Waals surface area (Å²) in [6.45, 7) is 4.13. The van der Waals surface area contributed by atoms with Crippen molar-refractivity contribution in [2.45, 2.75) is 20.3 Å². The Morgan fingerprint density at radius 1 is 1.12 bits per heavy atom. The van der Waals surface area contributed by atoms with E-state index in [1.54, 1.807) is 29.7 Å². The summed E-state index contributed by atoms with van der Waals surface area (Å²) in [5, 5.41) is 0.306. The molecule has 2 heterocycles. The average molecular weight is 380 g/mol. The fourth-order valence-corrected chi connectivity index (χ4v) is 2.97. The first kappa shape index (κ1) is 18.3. The van der Waals surface area contributed by atoms with Crippen LogP contribution >= 0.6 is 11.6 Å². The van der Waals surface area contributed by atoms with Crippen molar-refractivity contribution in [3.8, 4) is 28.6 Å². The van der Waals surface area contributed by atoms with Crippen LogP contribution in [0.2, 0.25) is 5.02 Å². The van der Waals surface area contributed by atoms with Gasteiger partial charge in [0, 0.05) is 17.8 Å². The zero-order valence-electron chi connectivity index (χ0n) is 15.0. The van der Waals surface area contributed by atoms with Crippen molar-refractivity contribution >= 4 is 17.2 Å². The first-order chi connectivity index (χ1) is 12.5. The second-order valence-electron chi connectivity index (χ2n) is 5.46. The third kappa shape index (κ3) is 3.03. The lowest BCUT2D eigenvalue weighted by molar-refractivity contribution is 0.323. The van der Waals surface area contributed by atoms with Gasteiger partial charge in [0.05, 0.1) is 31.5 Å². The number of aromatic nitrogens is 3. The Morgan fingerprint density at radius 3 is 2.42 bits per heavy atom. The highest BCUT2D eigenvalue weighted by Crippen LogP contribution is 2.40. The minimum Gasteiger partial charge on any atom is -0.493 e. The summed E-state index contributed by atoms with van der Waals surface area (Å²) in [7, 11) is 3.01. The molecule has 0 spiro atoms. The molecule has 0 fully saturated rings. The van der Waals surface area contributed by atoms with Crippen LogP contribution in [-0.2, 0) is 6.42 Å². The largest absolute Gasteiger partial charge is 0.493 e. The highest BCUT2D eigenvalue weighted by atomic mass is 35.5. The summed E-state index contributed by atoms with van der Waals surface area (Å²) in [6, 6.07) is 3.20.